The summed E-state index contributed by atoms with van der Waals surface area (Å²) in [6, 6.07) is 15.1. The van der Waals surface area contributed by atoms with Crippen molar-refractivity contribution in [3.63, 3.8) is 0 Å². The molecule has 3 amide bonds. The summed E-state index contributed by atoms with van der Waals surface area (Å²) in [6.07, 6.45) is 0. The van der Waals surface area contributed by atoms with Crippen molar-refractivity contribution in [2.24, 2.45) is 0 Å². The Labute approximate surface area is 215 Å². The van der Waals surface area contributed by atoms with Crippen LogP contribution in [0.1, 0.15) is 21.6 Å². The van der Waals surface area contributed by atoms with Gasteiger partial charge >= 0.3 is 6.03 Å². The number of hydrogen-bond donors (Lipinski definition) is 1. The first-order chi connectivity index (χ1) is 17.4. The van der Waals surface area contributed by atoms with E-state index in [9.17, 15) is 9.59 Å². The second kappa shape index (κ2) is 11.9. The number of nitrogens with one attached hydrogen (secondary N) is 1. The Kier molecular flexibility index (Phi) is 8.45. The zero-order chi connectivity index (χ0) is 25.5. The summed E-state index contributed by atoms with van der Waals surface area (Å²) >= 11 is 1.59. The van der Waals surface area contributed by atoms with Crippen LogP contribution >= 0.6 is 11.3 Å². The van der Waals surface area contributed by atoms with E-state index < -0.39 is 0 Å². The molecule has 0 saturated heterocycles. The first-order valence-electron chi connectivity index (χ1n) is 11.7. The highest BCUT2D eigenvalue weighted by molar-refractivity contribution is 7.09. The van der Waals surface area contributed by atoms with Gasteiger partial charge in [-0.05, 0) is 60.2 Å². The molecule has 3 aromatic rings. The molecule has 190 valence electrons. The van der Waals surface area contributed by atoms with Crippen molar-refractivity contribution in [2.45, 2.75) is 26.9 Å². The number of urea groups is 1. The first kappa shape index (κ1) is 25.5. The predicted octanol–water partition coefficient (Wildman–Crippen LogP) is 4.80. The minimum absolute atomic E-state index is 0.0734. The van der Waals surface area contributed by atoms with Crippen LogP contribution in [0.4, 0.5) is 10.5 Å². The van der Waals surface area contributed by atoms with Crippen molar-refractivity contribution in [1.29, 1.82) is 0 Å². The number of carbonyl (C=O) groups excluding carboxylic acids is 2. The molecule has 36 heavy (non-hydrogen) atoms. The van der Waals surface area contributed by atoms with Crippen LogP contribution in [0.25, 0.3) is 0 Å². The van der Waals surface area contributed by atoms with Gasteiger partial charge in [0.05, 0.1) is 13.2 Å². The molecule has 1 aromatic heterocycles. The predicted molar refractivity (Wildman–Crippen MR) is 140 cm³/mol. The Balaban J connectivity index is 1.51. The highest BCUT2D eigenvalue weighted by Gasteiger charge is 2.23. The van der Waals surface area contributed by atoms with Gasteiger partial charge in [0, 0.05) is 30.8 Å². The molecule has 2 heterocycles. The summed E-state index contributed by atoms with van der Waals surface area (Å²) in [5.41, 5.74) is 3.72. The van der Waals surface area contributed by atoms with Gasteiger partial charge in [-0.2, -0.15) is 0 Å². The fraction of sp³-hybridized carbons (Fsp3) is 0.333. The Bertz CT molecular complexity index is 1200. The van der Waals surface area contributed by atoms with Crippen LogP contribution in [0.5, 0.6) is 11.5 Å². The van der Waals surface area contributed by atoms with Gasteiger partial charge in [-0.1, -0.05) is 24.3 Å². The molecule has 1 aliphatic heterocycles. The molecule has 0 aliphatic carbocycles. The maximum absolute atomic E-state index is 13.6. The molecule has 9 heteroatoms. The molecule has 8 nitrogen and oxygen atoms in total. The SMILES string of the molecule is COCCN(CC(=O)N(Cc1ccc2c(c1)OCO2)Cc1cccs1)C(=O)Nc1cccc(C)c1C. The Morgan fingerprint density at radius 1 is 1.03 bits per heavy atom. The van der Waals surface area contributed by atoms with Gasteiger partial charge in [0.25, 0.3) is 0 Å². The molecule has 0 bridgehead atoms. The molecule has 4 rings (SSSR count). The molecule has 0 fully saturated rings. The molecule has 0 saturated carbocycles. The fourth-order valence-electron chi connectivity index (χ4n) is 3.88. The molecule has 2 aromatic carbocycles. The number of thiophene rings is 1. The fourth-order valence-corrected chi connectivity index (χ4v) is 4.60. The molecular weight excluding hydrogens is 478 g/mol. The van der Waals surface area contributed by atoms with E-state index in [1.165, 1.54) is 4.90 Å². The van der Waals surface area contributed by atoms with Crippen molar-refractivity contribution < 1.29 is 23.8 Å². The van der Waals surface area contributed by atoms with Gasteiger partial charge in [0.15, 0.2) is 11.5 Å². The average molecular weight is 510 g/mol. The Morgan fingerprint density at radius 2 is 1.86 bits per heavy atom. The number of aryl methyl sites for hydroxylation is 1. The molecular formula is C27H31N3O5S. The van der Waals surface area contributed by atoms with Crippen LogP contribution in [0.15, 0.2) is 53.9 Å². The van der Waals surface area contributed by atoms with E-state index in [4.69, 9.17) is 14.2 Å². The van der Waals surface area contributed by atoms with Gasteiger partial charge in [0.1, 0.15) is 6.54 Å². The second-order valence-corrected chi connectivity index (χ2v) is 9.64. The van der Waals surface area contributed by atoms with Gasteiger partial charge in [0.2, 0.25) is 12.7 Å². The molecule has 0 radical (unpaired) electrons. The average Bonchev–Trinajstić information content (AvgIpc) is 3.55. The zero-order valence-electron chi connectivity index (χ0n) is 20.8. The summed E-state index contributed by atoms with van der Waals surface area (Å²) in [6.45, 7) is 5.51. The van der Waals surface area contributed by atoms with E-state index in [-0.39, 0.29) is 31.8 Å². The van der Waals surface area contributed by atoms with Crippen LogP contribution in [-0.2, 0) is 22.6 Å². The van der Waals surface area contributed by atoms with Crippen molar-refractivity contribution in [3.8, 4) is 11.5 Å². The number of fused-ring (bicyclic) bond motifs is 1. The third kappa shape index (κ3) is 6.35. The van der Waals surface area contributed by atoms with E-state index in [1.807, 2.05) is 67.8 Å². The van der Waals surface area contributed by atoms with E-state index in [0.717, 1.165) is 27.3 Å². The molecule has 0 atom stereocenters. The summed E-state index contributed by atoms with van der Waals surface area (Å²) in [5, 5.41) is 4.95. The summed E-state index contributed by atoms with van der Waals surface area (Å²) in [4.78, 5) is 31.1. The number of ether oxygens (including phenoxy) is 3. The van der Waals surface area contributed by atoms with Crippen molar-refractivity contribution in [2.75, 3.05) is 38.9 Å². The first-order valence-corrected chi connectivity index (χ1v) is 12.6. The van der Waals surface area contributed by atoms with Gasteiger partial charge in [-0.25, -0.2) is 4.79 Å². The normalized spacial score (nSPS) is 11.9. The van der Waals surface area contributed by atoms with Crippen LogP contribution in [0.2, 0.25) is 0 Å². The summed E-state index contributed by atoms with van der Waals surface area (Å²) in [7, 11) is 1.57. The van der Waals surface area contributed by atoms with Crippen molar-refractivity contribution in [1.82, 2.24) is 9.80 Å². The number of nitrogens with zero attached hydrogens (tertiary/aromatic N) is 2. The number of methoxy groups -OCH3 is 1. The second-order valence-electron chi connectivity index (χ2n) is 8.61. The van der Waals surface area contributed by atoms with Crippen LogP contribution in [-0.4, -0.2) is 55.3 Å². The minimum atomic E-state index is -0.340. The highest BCUT2D eigenvalue weighted by Crippen LogP contribution is 2.33. The third-order valence-electron chi connectivity index (χ3n) is 6.11. The number of rotatable bonds is 10. The number of anilines is 1. The number of carbonyl (C=O) groups is 2. The standard InChI is InChI=1S/C27H31N3O5S/c1-19-6-4-8-23(20(19)2)28-27(32)29(11-12-33-3)17-26(31)30(16-22-7-5-13-36-22)15-21-9-10-24-25(14-21)35-18-34-24/h4-10,13-14H,11-12,15-18H2,1-3H3,(H,28,32). The lowest BCUT2D eigenvalue weighted by atomic mass is 10.1. The van der Waals surface area contributed by atoms with Crippen LogP contribution in [0.3, 0.4) is 0 Å². The quantitative estimate of drug-likeness (QED) is 0.425. The minimum Gasteiger partial charge on any atom is -0.454 e. The maximum Gasteiger partial charge on any atom is 0.322 e. The van der Waals surface area contributed by atoms with Crippen LogP contribution < -0.4 is 14.8 Å². The lowest BCUT2D eigenvalue weighted by Crippen LogP contribution is -2.45. The smallest absolute Gasteiger partial charge is 0.322 e. The molecule has 0 spiro atoms. The van der Waals surface area contributed by atoms with E-state index in [0.29, 0.717) is 31.2 Å². The molecule has 1 N–H and O–H groups in total. The number of benzene rings is 2. The number of amides is 3. The topological polar surface area (TPSA) is 80.3 Å². The Morgan fingerprint density at radius 3 is 2.64 bits per heavy atom. The third-order valence-corrected chi connectivity index (χ3v) is 6.98. The largest absolute Gasteiger partial charge is 0.454 e. The van der Waals surface area contributed by atoms with E-state index in [1.54, 1.807) is 23.3 Å². The van der Waals surface area contributed by atoms with E-state index in [2.05, 4.69) is 5.32 Å². The van der Waals surface area contributed by atoms with Crippen LogP contribution in [0, 0.1) is 13.8 Å². The highest BCUT2D eigenvalue weighted by atomic mass is 32.1. The monoisotopic (exact) mass is 509 g/mol. The van der Waals surface area contributed by atoms with Gasteiger partial charge in [-0.3, -0.25) is 4.79 Å². The van der Waals surface area contributed by atoms with E-state index >= 15 is 0 Å². The van der Waals surface area contributed by atoms with Gasteiger partial charge in [-0.15, -0.1) is 11.3 Å². The molecule has 0 unspecified atom stereocenters. The molecule has 1 aliphatic rings. The summed E-state index contributed by atoms with van der Waals surface area (Å²) in [5.74, 6) is 1.21. The van der Waals surface area contributed by atoms with Crippen molar-refractivity contribution >= 4 is 29.0 Å². The Hall–Kier alpha value is -3.56. The van der Waals surface area contributed by atoms with Crippen molar-refractivity contribution in [3.05, 3.63) is 75.5 Å². The maximum atomic E-state index is 13.6. The lowest BCUT2D eigenvalue weighted by molar-refractivity contribution is -0.133. The zero-order valence-corrected chi connectivity index (χ0v) is 21.6. The summed E-state index contributed by atoms with van der Waals surface area (Å²) < 4.78 is 16.1. The van der Waals surface area contributed by atoms with Gasteiger partial charge < -0.3 is 29.3 Å². The lowest BCUT2D eigenvalue weighted by Gasteiger charge is -2.28. The number of hydrogen-bond acceptors (Lipinski definition) is 6.